The van der Waals surface area contributed by atoms with Crippen molar-refractivity contribution in [2.75, 3.05) is 18.6 Å². The van der Waals surface area contributed by atoms with Crippen molar-refractivity contribution in [3.8, 4) is 0 Å². The number of rotatable bonds is 9. The molecule has 0 aromatic carbocycles. The smallest absolute Gasteiger partial charge is 0.303 e. The number of unbranched alkanes of at least 4 members (excludes halogenated alkanes) is 1. The van der Waals surface area contributed by atoms with Crippen molar-refractivity contribution >= 4 is 23.6 Å². The van der Waals surface area contributed by atoms with Crippen LogP contribution in [0.4, 0.5) is 0 Å². The molecule has 0 aliphatic carbocycles. The Morgan fingerprint density at radius 3 is 2.53 bits per heavy atom. The van der Waals surface area contributed by atoms with Crippen LogP contribution in [-0.2, 0) is 9.59 Å². The Morgan fingerprint density at radius 2 is 1.93 bits per heavy atom. The molecule has 2 N–H and O–H groups in total. The highest BCUT2D eigenvalue weighted by atomic mass is 32.2. The molecule has 1 amide bonds. The predicted octanol–water partition coefficient (Wildman–Crippen LogP) is 1.50. The lowest BCUT2D eigenvalue weighted by atomic mass is 10.2. The zero-order valence-electron chi connectivity index (χ0n) is 9.12. The number of hydrogen-bond acceptors (Lipinski definition) is 3. The molecule has 0 aromatic heterocycles. The maximum absolute atomic E-state index is 11.1. The first-order valence-corrected chi connectivity index (χ1v) is 6.53. The van der Waals surface area contributed by atoms with Gasteiger partial charge in [0.2, 0.25) is 5.91 Å². The van der Waals surface area contributed by atoms with Crippen LogP contribution in [0.25, 0.3) is 0 Å². The van der Waals surface area contributed by atoms with Gasteiger partial charge in [-0.15, -0.1) is 0 Å². The van der Waals surface area contributed by atoms with Crippen molar-refractivity contribution < 1.29 is 14.7 Å². The molecule has 0 fully saturated rings. The summed E-state index contributed by atoms with van der Waals surface area (Å²) in [6.45, 7) is 0.701. The first-order chi connectivity index (χ1) is 7.16. The van der Waals surface area contributed by atoms with Crippen LogP contribution < -0.4 is 5.32 Å². The molecular formula is C10H19NO3S. The molecule has 5 heteroatoms. The molecule has 0 aliphatic rings. The topological polar surface area (TPSA) is 66.4 Å². The predicted molar refractivity (Wildman–Crippen MR) is 62.1 cm³/mol. The van der Waals surface area contributed by atoms with Gasteiger partial charge in [0.15, 0.2) is 0 Å². The van der Waals surface area contributed by atoms with Crippen LogP contribution in [0.3, 0.4) is 0 Å². The van der Waals surface area contributed by atoms with Crippen LogP contribution in [0.1, 0.15) is 32.1 Å². The van der Waals surface area contributed by atoms with Crippen molar-refractivity contribution in [1.82, 2.24) is 5.32 Å². The highest BCUT2D eigenvalue weighted by Gasteiger charge is 2.02. The summed E-state index contributed by atoms with van der Waals surface area (Å²) in [4.78, 5) is 21.3. The lowest BCUT2D eigenvalue weighted by Gasteiger charge is -2.03. The second-order valence-corrected chi connectivity index (χ2v) is 4.28. The van der Waals surface area contributed by atoms with Gasteiger partial charge in [-0.25, -0.2) is 0 Å². The van der Waals surface area contributed by atoms with Crippen LogP contribution in [0.5, 0.6) is 0 Å². The third-order valence-corrected chi connectivity index (χ3v) is 2.59. The van der Waals surface area contributed by atoms with Gasteiger partial charge in [0.05, 0.1) is 0 Å². The number of carboxylic acid groups (broad SMARTS) is 1. The fourth-order valence-electron chi connectivity index (χ4n) is 1.09. The summed E-state index contributed by atoms with van der Waals surface area (Å²) < 4.78 is 0. The zero-order valence-corrected chi connectivity index (χ0v) is 9.94. The average Bonchev–Trinajstić information content (AvgIpc) is 2.17. The van der Waals surface area contributed by atoms with Gasteiger partial charge < -0.3 is 10.4 Å². The summed E-state index contributed by atoms with van der Waals surface area (Å²) in [5.41, 5.74) is 0. The molecule has 0 rings (SSSR count). The number of amides is 1. The number of carbonyl (C=O) groups excluding carboxylic acids is 1. The quantitative estimate of drug-likeness (QED) is 0.592. The van der Waals surface area contributed by atoms with Gasteiger partial charge in [-0.05, 0) is 31.3 Å². The molecule has 0 unspecified atom stereocenters. The summed E-state index contributed by atoms with van der Waals surface area (Å²) in [6, 6.07) is 0. The highest BCUT2D eigenvalue weighted by molar-refractivity contribution is 7.98. The lowest BCUT2D eigenvalue weighted by molar-refractivity contribution is -0.137. The van der Waals surface area contributed by atoms with Crippen molar-refractivity contribution in [3.05, 3.63) is 0 Å². The van der Waals surface area contributed by atoms with Gasteiger partial charge in [0.1, 0.15) is 0 Å². The van der Waals surface area contributed by atoms with Crippen molar-refractivity contribution in [1.29, 1.82) is 0 Å². The van der Waals surface area contributed by atoms with Crippen molar-refractivity contribution in [2.45, 2.75) is 32.1 Å². The molecule has 0 heterocycles. The van der Waals surface area contributed by atoms with Crippen molar-refractivity contribution in [3.63, 3.8) is 0 Å². The number of nitrogens with one attached hydrogen (secondary N) is 1. The second-order valence-electron chi connectivity index (χ2n) is 3.30. The highest BCUT2D eigenvalue weighted by Crippen LogP contribution is 1.98. The van der Waals surface area contributed by atoms with E-state index < -0.39 is 5.97 Å². The summed E-state index contributed by atoms with van der Waals surface area (Å²) in [5.74, 6) is 0.234. The third kappa shape index (κ3) is 11.2. The summed E-state index contributed by atoms with van der Waals surface area (Å²) >= 11 is 1.80. The SMILES string of the molecule is CSCCCCNC(=O)CCCC(=O)O. The largest absolute Gasteiger partial charge is 0.481 e. The molecule has 0 atom stereocenters. The molecule has 88 valence electrons. The average molecular weight is 233 g/mol. The van der Waals surface area contributed by atoms with Gasteiger partial charge in [0, 0.05) is 19.4 Å². The molecule has 0 saturated heterocycles. The summed E-state index contributed by atoms with van der Waals surface area (Å²) in [6.07, 6.45) is 4.97. The second kappa shape index (κ2) is 9.83. The minimum Gasteiger partial charge on any atom is -0.481 e. The van der Waals surface area contributed by atoms with E-state index in [0.717, 1.165) is 18.6 Å². The third-order valence-electron chi connectivity index (χ3n) is 1.89. The van der Waals surface area contributed by atoms with Crippen LogP contribution in [0.2, 0.25) is 0 Å². The Morgan fingerprint density at radius 1 is 1.20 bits per heavy atom. The first kappa shape index (κ1) is 14.3. The van der Waals surface area contributed by atoms with Crippen molar-refractivity contribution in [2.24, 2.45) is 0 Å². The minimum absolute atomic E-state index is 0.0413. The Hall–Kier alpha value is -0.710. The number of carbonyl (C=O) groups is 2. The molecule has 0 aliphatic heterocycles. The molecule has 4 nitrogen and oxygen atoms in total. The van der Waals surface area contributed by atoms with Crippen LogP contribution in [0.15, 0.2) is 0 Å². The van der Waals surface area contributed by atoms with Gasteiger partial charge in [-0.2, -0.15) is 11.8 Å². The molecule has 15 heavy (non-hydrogen) atoms. The first-order valence-electron chi connectivity index (χ1n) is 5.14. The zero-order chi connectivity index (χ0) is 11.5. The number of hydrogen-bond donors (Lipinski definition) is 2. The van der Waals surface area contributed by atoms with E-state index in [2.05, 4.69) is 11.6 Å². The van der Waals surface area contributed by atoms with E-state index >= 15 is 0 Å². The van der Waals surface area contributed by atoms with E-state index in [1.165, 1.54) is 0 Å². The maximum atomic E-state index is 11.1. The van der Waals surface area contributed by atoms with Gasteiger partial charge in [-0.1, -0.05) is 0 Å². The molecular weight excluding hydrogens is 214 g/mol. The van der Waals surface area contributed by atoms with Crippen LogP contribution >= 0.6 is 11.8 Å². The number of thioether (sulfide) groups is 1. The van der Waals surface area contributed by atoms with E-state index in [4.69, 9.17) is 5.11 Å². The fraction of sp³-hybridized carbons (Fsp3) is 0.800. The molecule has 0 saturated carbocycles. The van der Waals surface area contributed by atoms with E-state index in [0.29, 0.717) is 19.4 Å². The Kier molecular flexibility index (Phi) is 9.36. The molecule has 0 spiro atoms. The fourth-order valence-corrected chi connectivity index (χ4v) is 1.58. The molecule has 0 aromatic rings. The Balaban J connectivity index is 3.22. The monoisotopic (exact) mass is 233 g/mol. The standard InChI is InChI=1S/C10H19NO3S/c1-15-8-3-2-7-11-9(12)5-4-6-10(13)14/h2-8H2,1H3,(H,11,12)(H,13,14). The summed E-state index contributed by atoms with van der Waals surface area (Å²) in [7, 11) is 0. The Labute approximate surface area is 94.8 Å². The molecule has 0 radical (unpaired) electrons. The van der Waals surface area contributed by atoms with Gasteiger partial charge in [0.25, 0.3) is 0 Å². The maximum Gasteiger partial charge on any atom is 0.303 e. The normalized spacial score (nSPS) is 9.93. The molecule has 0 bridgehead atoms. The van der Waals surface area contributed by atoms with Crippen LogP contribution in [0, 0.1) is 0 Å². The Bertz CT molecular complexity index is 197. The van der Waals surface area contributed by atoms with Crippen LogP contribution in [-0.4, -0.2) is 35.5 Å². The van der Waals surface area contributed by atoms with E-state index in [-0.39, 0.29) is 12.3 Å². The van der Waals surface area contributed by atoms with E-state index in [9.17, 15) is 9.59 Å². The minimum atomic E-state index is -0.845. The van der Waals surface area contributed by atoms with Gasteiger partial charge >= 0.3 is 5.97 Å². The number of aliphatic carboxylic acids is 1. The summed E-state index contributed by atoms with van der Waals surface area (Å²) in [5, 5.41) is 11.1. The van der Waals surface area contributed by atoms with E-state index in [1.807, 2.05) is 0 Å². The van der Waals surface area contributed by atoms with Gasteiger partial charge in [-0.3, -0.25) is 9.59 Å². The lowest BCUT2D eigenvalue weighted by Crippen LogP contribution is -2.24. The number of carboxylic acids is 1. The van der Waals surface area contributed by atoms with E-state index in [1.54, 1.807) is 11.8 Å².